The molecule has 0 aliphatic heterocycles. The molecule has 0 atom stereocenters. The first-order chi connectivity index (χ1) is 12.2. The molecule has 0 unspecified atom stereocenters. The van der Waals surface area contributed by atoms with Gasteiger partial charge in [0.15, 0.2) is 0 Å². The van der Waals surface area contributed by atoms with Crippen molar-refractivity contribution >= 4 is 29.5 Å². The van der Waals surface area contributed by atoms with Gasteiger partial charge in [-0.3, -0.25) is 15.5 Å². The Morgan fingerprint density at radius 3 is 2.60 bits per heavy atom. The lowest BCUT2D eigenvalue weighted by molar-refractivity contribution is -0.384. The van der Waals surface area contributed by atoms with Crippen LogP contribution in [0.3, 0.4) is 0 Å². The number of nitrogens with one attached hydrogen (secondary N) is 1. The lowest BCUT2D eigenvalue weighted by atomic mass is 10.2. The number of aromatic nitrogens is 1. The Hall–Kier alpha value is -3.19. The quantitative estimate of drug-likeness (QED) is 0.399. The zero-order chi connectivity index (χ0) is 17.5. The van der Waals surface area contributed by atoms with Crippen molar-refractivity contribution in [1.82, 2.24) is 4.98 Å². The van der Waals surface area contributed by atoms with Crippen molar-refractivity contribution in [1.29, 1.82) is 0 Å². The summed E-state index contributed by atoms with van der Waals surface area (Å²) < 4.78 is 0. The number of hydrogen-bond donors (Lipinski definition) is 1. The van der Waals surface area contributed by atoms with Crippen LogP contribution in [0.4, 0.5) is 11.5 Å². The first-order valence-electron chi connectivity index (χ1n) is 7.44. The minimum atomic E-state index is -0.496. The van der Waals surface area contributed by atoms with E-state index in [9.17, 15) is 10.1 Å². The highest BCUT2D eigenvalue weighted by molar-refractivity contribution is 7.99. The Balaban J connectivity index is 1.77. The van der Waals surface area contributed by atoms with Crippen LogP contribution in [0.1, 0.15) is 5.56 Å². The summed E-state index contributed by atoms with van der Waals surface area (Å²) in [5.74, 6) is 0.108. The highest BCUT2D eigenvalue weighted by Gasteiger charge is 2.12. The fourth-order valence-corrected chi connectivity index (χ4v) is 3.02. The van der Waals surface area contributed by atoms with Crippen LogP contribution < -0.4 is 5.43 Å². The third-order valence-corrected chi connectivity index (χ3v) is 4.35. The Morgan fingerprint density at radius 1 is 1.04 bits per heavy atom. The minimum absolute atomic E-state index is 0.108. The van der Waals surface area contributed by atoms with Gasteiger partial charge in [-0.25, -0.2) is 4.98 Å². The second-order valence-corrected chi connectivity index (χ2v) is 6.07. The SMILES string of the molecule is O=[N+]([O-])c1cccnc1N/N=C/c1ccccc1Sc1ccccc1. The predicted molar refractivity (Wildman–Crippen MR) is 99.1 cm³/mol. The van der Waals surface area contributed by atoms with Crippen LogP contribution in [0.25, 0.3) is 0 Å². The van der Waals surface area contributed by atoms with Crippen LogP contribution in [0.2, 0.25) is 0 Å². The highest BCUT2D eigenvalue weighted by atomic mass is 32.2. The molecule has 1 heterocycles. The molecule has 0 amide bonds. The van der Waals surface area contributed by atoms with Gasteiger partial charge in [-0.05, 0) is 24.3 Å². The predicted octanol–water partition coefficient (Wildman–Crippen LogP) is 4.59. The summed E-state index contributed by atoms with van der Waals surface area (Å²) in [4.78, 5) is 16.6. The van der Waals surface area contributed by atoms with E-state index in [1.54, 1.807) is 18.0 Å². The van der Waals surface area contributed by atoms with Crippen molar-refractivity contribution in [2.45, 2.75) is 9.79 Å². The third kappa shape index (κ3) is 4.42. The molecule has 2 aromatic carbocycles. The van der Waals surface area contributed by atoms with Gasteiger partial charge >= 0.3 is 5.69 Å². The van der Waals surface area contributed by atoms with Crippen LogP contribution >= 0.6 is 11.8 Å². The molecule has 0 aliphatic rings. The average molecular weight is 350 g/mol. The van der Waals surface area contributed by atoms with E-state index in [4.69, 9.17) is 0 Å². The summed E-state index contributed by atoms with van der Waals surface area (Å²) in [6.45, 7) is 0. The molecule has 0 saturated carbocycles. The van der Waals surface area contributed by atoms with Crippen LogP contribution in [0, 0.1) is 10.1 Å². The normalized spacial score (nSPS) is 10.7. The van der Waals surface area contributed by atoms with Crippen LogP contribution in [0.15, 0.2) is 87.8 Å². The zero-order valence-corrected chi connectivity index (χ0v) is 13.9. The lowest BCUT2D eigenvalue weighted by Gasteiger charge is -2.05. The topological polar surface area (TPSA) is 80.4 Å². The lowest BCUT2D eigenvalue weighted by Crippen LogP contribution is -1.99. The number of hydrogen-bond acceptors (Lipinski definition) is 6. The van der Waals surface area contributed by atoms with Gasteiger partial charge in [0.1, 0.15) is 0 Å². The van der Waals surface area contributed by atoms with E-state index in [2.05, 4.69) is 15.5 Å². The number of pyridine rings is 1. The van der Waals surface area contributed by atoms with Gasteiger partial charge in [0.05, 0.1) is 11.1 Å². The van der Waals surface area contributed by atoms with E-state index in [-0.39, 0.29) is 11.5 Å². The van der Waals surface area contributed by atoms with Gasteiger partial charge in [-0.2, -0.15) is 5.10 Å². The summed E-state index contributed by atoms with van der Waals surface area (Å²) in [5.41, 5.74) is 3.43. The van der Waals surface area contributed by atoms with Gasteiger partial charge in [0.2, 0.25) is 5.82 Å². The molecule has 7 heteroatoms. The molecule has 0 radical (unpaired) electrons. The van der Waals surface area contributed by atoms with E-state index >= 15 is 0 Å². The van der Waals surface area contributed by atoms with Gasteiger partial charge in [0.25, 0.3) is 0 Å². The molecule has 0 saturated heterocycles. The molecule has 6 nitrogen and oxygen atoms in total. The van der Waals surface area contributed by atoms with E-state index in [1.165, 1.54) is 18.3 Å². The average Bonchev–Trinajstić information content (AvgIpc) is 2.64. The van der Waals surface area contributed by atoms with Gasteiger partial charge < -0.3 is 0 Å². The van der Waals surface area contributed by atoms with Crippen molar-refractivity contribution < 1.29 is 4.92 Å². The summed E-state index contributed by atoms with van der Waals surface area (Å²) in [7, 11) is 0. The minimum Gasteiger partial charge on any atom is -0.258 e. The Morgan fingerprint density at radius 2 is 1.80 bits per heavy atom. The zero-order valence-electron chi connectivity index (χ0n) is 13.1. The molecule has 0 spiro atoms. The fraction of sp³-hybridized carbons (Fsp3) is 0. The van der Waals surface area contributed by atoms with Crippen LogP contribution in [-0.2, 0) is 0 Å². The molecule has 25 heavy (non-hydrogen) atoms. The standard InChI is InChI=1S/C18H14N4O2S/c23-22(24)16-10-6-12-19-18(16)21-20-13-14-7-4-5-11-17(14)25-15-8-2-1-3-9-15/h1-13H,(H,19,21)/b20-13+. The molecule has 3 rings (SSSR count). The second kappa shape index (κ2) is 8.07. The molecule has 124 valence electrons. The van der Waals surface area contributed by atoms with Crippen molar-refractivity contribution in [3.8, 4) is 0 Å². The Labute approximate surface area is 148 Å². The van der Waals surface area contributed by atoms with Crippen molar-refractivity contribution in [2.75, 3.05) is 5.43 Å². The largest absolute Gasteiger partial charge is 0.313 e. The van der Waals surface area contributed by atoms with Crippen LogP contribution in [-0.4, -0.2) is 16.1 Å². The number of nitrogens with zero attached hydrogens (tertiary/aromatic N) is 3. The third-order valence-electron chi connectivity index (χ3n) is 3.25. The van der Waals surface area contributed by atoms with E-state index < -0.39 is 4.92 Å². The fourth-order valence-electron chi connectivity index (χ4n) is 2.09. The molecular weight excluding hydrogens is 336 g/mol. The van der Waals surface area contributed by atoms with Crippen molar-refractivity contribution in [3.63, 3.8) is 0 Å². The summed E-state index contributed by atoms with van der Waals surface area (Å²) in [5, 5.41) is 15.1. The van der Waals surface area contributed by atoms with Crippen LogP contribution in [0.5, 0.6) is 0 Å². The molecule has 0 bridgehead atoms. The molecular formula is C18H14N4O2S. The number of anilines is 1. The number of nitro groups is 1. The molecule has 1 N–H and O–H groups in total. The Kier molecular flexibility index (Phi) is 5.38. The molecule has 3 aromatic rings. The Bertz CT molecular complexity index is 900. The van der Waals surface area contributed by atoms with Gasteiger partial charge in [-0.15, -0.1) is 0 Å². The van der Waals surface area contributed by atoms with Crippen molar-refractivity contribution in [2.24, 2.45) is 5.10 Å². The molecule has 1 aromatic heterocycles. The highest BCUT2D eigenvalue weighted by Crippen LogP contribution is 2.29. The molecule has 0 aliphatic carbocycles. The first-order valence-corrected chi connectivity index (χ1v) is 8.26. The second-order valence-electron chi connectivity index (χ2n) is 4.95. The molecule has 0 fully saturated rings. The maximum absolute atomic E-state index is 11.0. The van der Waals surface area contributed by atoms with E-state index in [1.807, 2.05) is 54.6 Å². The van der Waals surface area contributed by atoms with E-state index in [0.717, 1.165) is 15.4 Å². The van der Waals surface area contributed by atoms with E-state index in [0.29, 0.717) is 0 Å². The maximum Gasteiger partial charge on any atom is 0.313 e. The summed E-state index contributed by atoms with van der Waals surface area (Å²) in [6.07, 6.45) is 3.10. The number of rotatable bonds is 6. The monoisotopic (exact) mass is 350 g/mol. The number of hydrazone groups is 1. The summed E-state index contributed by atoms with van der Waals surface area (Å²) in [6, 6.07) is 20.7. The maximum atomic E-state index is 11.0. The van der Waals surface area contributed by atoms with Gasteiger partial charge in [0, 0.05) is 27.6 Å². The van der Waals surface area contributed by atoms with Crippen molar-refractivity contribution in [3.05, 3.63) is 88.6 Å². The van der Waals surface area contributed by atoms with Gasteiger partial charge in [-0.1, -0.05) is 48.2 Å². The smallest absolute Gasteiger partial charge is 0.258 e. The summed E-state index contributed by atoms with van der Waals surface area (Å²) >= 11 is 1.63. The number of benzene rings is 2. The first kappa shape index (κ1) is 16.7.